The van der Waals surface area contributed by atoms with Crippen molar-refractivity contribution in [3.63, 3.8) is 0 Å². The summed E-state index contributed by atoms with van der Waals surface area (Å²) >= 11 is 12.0. The molecule has 0 radical (unpaired) electrons. The van der Waals surface area contributed by atoms with Gasteiger partial charge < -0.3 is 14.7 Å². The Kier molecular flexibility index (Phi) is 5.22. The van der Waals surface area contributed by atoms with Gasteiger partial charge in [-0.1, -0.05) is 34.4 Å². The molecule has 0 bridgehead atoms. The molecule has 0 saturated heterocycles. The third-order valence-electron chi connectivity index (χ3n) is 2.87. The van der Waals surface area contributed by atoms with E-state index >= 15 is 0 Å². The molecular weight excluding hydrogens is 313 g/mol. The summed E-state index contributed by atoms with van der Waals surface area (Å²) in [6, 6.07) is 7.02. The van der Waals surface area contributed by atoms with Crippen LogP contribution in [0, 0.1) is 6.92 Å². The number of aromatic nitrogens is 1. The third-order valence-corrected chi connectivity index (χ3v) is 3.45. The maximum Gasteiger partial charge on any atom is 0.280 e. The van der Waals surface area contributed by atoms with Crippen LogP contribution in [0.15, 0.2) is 28.8 Å². The Morgan fingerprint density at radius 3 is 2.76 bits per heavy atom. The van der Waals surface area contributed by atoms with Gasteiger partial charge in [0.05, 0.1) is 12.1 Å². The van der Waals surface area contributed by atoms with E-state index in [2.05, 4.69) is 10.5 Å². The molecule has 0 fully saturated rings. The monoisotopic (exact) mass is 328 g/mol. The van der Waals surface area contributed by atoms with Crippen molar-refractivity contribution in [2.75, 3.05) is 18.9 Å². The van der Waals surface area contributed by atoms with Crippen molar-refractivity contribution in [3.05, 3.63) is 45.6 Å². The number of hydrogen-bond donors (Lipinski definition) is 2. The fraction of sp³-hybridized carbons (Fsp3) is 0.286. The number of nitrogens with one attached hydrogen (secondary N) is 2. The molecule has 1 amide bonds. The van der Waals surface area contributed by atoms with Gasteiger partial charge >= 0.3 is 0 Å². The first-order chi connectivity index (χ1) is 9.94. The molecule has 0 spiro atoms. The number of quaternary nitrogens is 1. The molecule has 2 N–H and O–H groups in total. The number of amides is 1. The van der Waals surface area contributed by atoms with Crippen molar-refractivity contribution in [2.45, 2.75) is 13.5 Å². The lowest BCUT2D eigenvalue weighted by Gasteiger charge is -2.14. The molecule has 0 aliphatic rings. The van der Waals surface area contributed by atoms with Gasteiger partial charge in [-0.3, -0.25) is 4.79 Å². The van der Waals surface area contributed by atoms with E-state index in [0.717, 1.165) is 10.5 Å². The maximum atomic E-state index is 11.9. The molecule has 0 aliphatic carbocycles. The average Bonchev–Trinajstić information content (AvgIpc) is 2.78. The van der Waals surface area contributed by atoms with E-state index in [9.17, 15) is 4.79 Å². The molecule has 1 aromatic carbocycles. The summed E-state index contributed by atoms with van der Waals surface area (Å²) in [7, 11) is 1.92. The van der Waals surface area contributed by atoms with E-state index in [4.69, 9.17) is 27.7 Å². The van der Waals surface area contributed by atoms with E-state index in [0.29, 0.717) is 34.7 Å². The van der Waals surface area contributed by atoms with Crippen molar-refractivity contribution in [1.82, 2.24) is 5.16 Å². The minimum Gasteiger partial charge on any atom is -0.360 e. The smallest absolute Gasteiger partial charge is 0.280 e. The average molecular weight is 329 g/mol. The fourth-order valence-electron chi connectivity index (χ4n) is 1.94. The number of nitrogens with zero attached hydrogens (tertiary/aromatic N) is 1. The highest BCUT2D eigenvalue weighted by atomic mass is 35.5. The van der Waals surface area contributed by atoms with Gasteiger partial charge in [0.25, 0.3) is 5.91 Å². The van der Waals surface area contributed by atoms with Crippen LogP contribution in [-0.4, -0.2) is 24.7 Å². The summed E-state index contributed by atoms with van der Waals surface area (Å²) < 4.78 is 4.89. The number of rotatable bonds is 5. The SMILES string of the molecule is Cc1cc(NC(=O)C[NH+](C)Cc2ccc(Cl)cc2Cl)no1. The Balaban J connectivity index is 1.89. The molecule has 1 aromatic heterocycles. The lowest BCUT2D eigenvalue weighted by molar-refractivity contribution is -0.885. The summed E-state index contributed by atoms with van der Waals surface area (Å²) in [5.74, 6) is 0.944. The minimum absolute atomic E-state index is 0.133. The van der Waals surface area contributed by atoms with E-state index in [1.54, 1.807) is 25.1 Å². The number of aryl methyl sites for hydroxylation is 1. The molecule has 2 rings (SSSR count). The van der Waals surface area contributed by atoms with Crippen LogP contribution in [0.5, 0.6) is 0 Å². The molecule has 1 heterocycles. The van der Waals surface area contributed by atoms with Crippen molar-refractivity contribution in [1.29, 1.82) is 0 Å². The largest absolute Gasteiger partial charge is 0.360 e. The number of halogens is 2. The van der Waals surface area contributed by atoms with E-state index in [1.165, 1.54) is 0 Å². The van der Waals surface area contributed by atoms with Crippen LogP contribution < -0.4 is 10.2 Å². The minimum atomic E-state index is -0.133. The first kappa shape index (κ1) is 15.8. The standard InChI is InChI=1S/C14H15Cl2N3O2/c1-9-5-13(18-21-9)17-14(20)8-19(2)7-10-3-4-11(15)6-12(10)16/h3-6H,7-8H2,1-2H3,(H,17,18,20)/p+1. The van der Waals surface area contributed by atoms with E-state index in [-0.39, 0.29) is 5.91 Å². The highest BCUT2D eigenvalue weighted by Gasteiger charge is 2.14. The second-order valence-corrected chi connectivity index (χ2v) is 5.76. The predicted octanol–water partition coefficient (Wildman–Crippen LogP) is 1.94. The molecule has 0 aliphatic heterocycles. The second-order valence-electron chi connectivity index (χ2n) is 4.92. The van der Waals surface area contributed by atoms with Crippen molar-refractivity contribution in [3.8, 4) is 0 Å². The van der Waals surface area contributed by atoms with Crippen LogP contribution in [0.3, 0.4) is 0 Å². The van der Waals surface area contributed by atoms with Crippen LogP contribution in [0.4, 0.5) is 5.82 Å². The lowest BCUT2D eigenvalue weighted by Crippen LogP contribution is -3.08. The molecule has 1 unspecified atom stereocenters. The molecular formula is C14H16Cl2N3O2+. The number of hydrogen-bond acceptors (Lipinski definition) is 3. The normalized spacial score (nSPS) is 12.2. The van der Waals surface area contributed by atoms with E-state index in [1.807, 2.05) is 13.1 Å². The quantitative estimate of drug-likeness (QED) is 0.881. The van der Waals surface area contributed by atoms with Gasteiger partial charge in [0.1, 0.15) is 12.3 Å². The van der Waals surface area contributed by atoms with Crippen molar-refractivity contribution in [2.24, 2.45) is 0 Å². The molecule has 0 saturated carbocycles. The summed E-state index contributed by atoms with van der Waals surface area (Å²) in [5, 5.41) is 7.61. The zero-order valence-corrected chi connectivity index (χ0v) is 13.3. The van der Waals surface area contributed by atoms with Crippen molar-refractivity contribution < 1.29 is 14.2 Å². The zero-order chi connectivity index (χ0) is 15.4. The molecule has 1 atom stereocenters. The van der Waals surface area contributed by atoms with Gasteiger partial charge in [0.15, 0.2) is 12.4 Å². The highest BCUT2D eigenvalue weighted by Crippen LogP contribution is 2.20. The molecule has 5 nitrogen and oxygen atoms in total. The number of benzene rings is 1. The number of anilines is 1. The van der Waals surface area contributed by atoms with Gasteiger partial charge in [-0.15, -0.1) is 0 Å². The van der Waals surface area contributed by atoms with Gasteiger partial charge in [0.2, 0.25) is 0 Å². The van der Waals surface area contributed by atoms with Crippen LogP contribution in [0.1, 0.15) is 11.3 Å². The first-order valence-corrected chi connectivity index (χ1v) is 7.18. The van der Waals surface area contributed by atoms with Gasteiger partial charge in [-0.2, -0.15) is 0 Å². The Morgan fingerprint density at radius 2 is 2.14 bits per heavy atom. The predicted molar refractivity (Wildman–Crippen MR) is 81.8 cm³/mol. The van der Waals surface area contributed by atoms with Crippen molar-refractivity contribution >= 4 is 34.9 Å². The summed E-state index contributed by atoms with van der Waals surface area (Å²) in [5.41, 5.74) is 0.948. The van der Waals surface area contributed by atoms with Crippen LogP contribution in [0.25, 0.3) is 0 Å². The van der Waals surface area contributed by atoms with Gasteiger partial charge in [-0.05, 0) is 19.1 Å². The lowest BCUT2D eigenvalue weighted by atomic mass is 10.2. The summed E-state index contributed by atoms with van der Waals surface area (Å²) in [6.07, 6.45) is 0. The first-order valence-electron chi connectivity index (χ1n) is 6.42. The van der Waals surface area contributed by atoms with Crippen LogP contribution in [0.2, 0.25) is 10.0 Å². The molecule has 112 valence electrons. The summed E-state index contributed by atoms with van der Waals surface area (Å²) in [6.45, 7) is 2.69. The molecule has 21 heavy (non-hydrogen) atoms. The number of likely N-dealkylation sites (N-methyl/N-ethyl adjacent to an activating group) is 1. The fourth-order valence-corrected chi connectivity index (χ4v) is 2.41. The summed E-state index contributed by atoms with van der Waals surface area (Å²) in [4.78, 5) is 12.9. The molecule has 7 heteroatoms. The second kappa shape index (κ2) is 6.93. The zero-order valence-electron chi connectivity index (χ0n) is 11.7. The Bertz CT molecular complexity index is 643. The Hall–Kier alpha value is -1.56. The Morgan fingerprint density at radius 1 is 1.38 bits per heavy atom. The topological polar surface area (TPSA) is 59.6 Å². The van der Waals surface area contributed by atoms with Crippen LogP contribution in [-0.2, 0) is 11.3 Å². The Labute approximate surface area is 132 Å². The number of carbonyl (C=O) groups is 1. The third kappa shape index (κ3) is 4.74. The maximum absolute atomic E-state index is 11.9. The van der Waals surface area contributed by atoms with E-state index < -0.39 is 0 Å². The van der Waals surface area contributed by atoms with Gasteiger partial charge in [0, 0.05) is 16.7 Å². The van der Waals surface area contributed by atoms with Gasteiger partial charge in [-0.25, -0.2) is 0 Å². The highest BCUT2D eigenvalue weighted by molar-refractivity contribution is 6.35. The number of carbonyl (C=O) groups excluding carboxylic acids is 1. The molecule has 2 aromatic rings. The van der Waals surface area contributed by atoms with Crippen LogP contribution >= 0.6 is 23.2 Å².